The number of aryl methyl sites for hydroxylation is 1. The molecule has 1 aromatic carbocycles. The molecule has 1 saturated carbocycles. The van der Waals surface area contributed by atoms with Crippen LogP contribution in [0.4, 0.5) is 13.2 Å². The lowest BCUT2D eigenvalue weighted by Gasteiger charge is -2.38. The molecule has 1 heterocycles. The van der Waals surface area contributed by atoms with Crippen LogP contribution in [0.15, 0.2) is 30.3 Å². The number of hydrogen-bond donors (Lipinski definition) is 0. The second kappa shape index (κ2) is 8.45. The van der Waals surface area contributed by atoms with Gasteiger partial charge in [0.25, 0.3) is 0 Å². The van der Waals surface area contributed by atoms with Gasteiger partial charge in [0.2, 0.25) is 5.91 Å². The van der Waals surface area contributed by atoms with Gasteiger partial charge in [-0.3, -0.25) is 4.79 Å². The van der Waals surface area contributed by atoms with Crippen LogP contribution in [0.25, 0.3) is 0 Å². The first-order chi connectivity index (χ1) is 12.4. The van der Waals surface area contributed by atoms with Gasteiger partial charge >= 0.3 is 6.18 Å². The SMILES string of the molecule is O=C(C1CCCCC1C(F)(F)F)N1CCC(CCc2ccccc2)CC1. The smallest absolute Gasteiger partial charge is 0.342 e. The van der Waals surface area contributed by atoms with E-state index in [1.807, 2.05) is 18.2 Å². The third-order valence-electron chi connectivity index (χ3n) is 6.11. The third-order valence-corrected chi connectivity index (χ3v) is 6.11. The molecule has 1 aromatic rings. The summed E-state index contributed by atoms with van der Waals surface area (Å²) >= 11 is 0. The molecule has 1 aliphatic heterocycles. The van der Waals surface area contributed by atoms with E-state index < -0.39 is 18.0 Å². The maximum atomic E-state index is 13.3. The van der Waals surface area contributed by atoms with Gasteiger partial charge in [-0.1, -0.05) is 43.2 Å². The molecule has 0 N–H and O–H groups in total. The number of halogens is 3. The number of benzene rings is 1. The van der Waals surface area contributed by atoms with E-state index in [4.69, 9.17) is 0 Å². The molecule has 1 amide bonds. The van der Waals surface area contributed by atoms with E-state index in [1.165, 1.54) is 5.56 Å². The Morgan fingerprint density at radius 3 is 2.31 bits per heavy atom. The van der Waals surface area contributed by atoms with E-state index in [-0.39, 0.29) is 12.3 Å². The van der Waals surface area contributed by atoms with Gasteiger partial charge in [-0.2, -0.15) is 13.2 Å². The van der Waals surface area contributed by atoms with Crippen LogP contribution in [0.3, 0.4) is 0 Å². The zero-order valence-corrected chi connectivity index (χ0v) is 15.2. The van der Waals surface area contributed by atoms with Gasteiger partial charge in [-0.15, -0.1) is 0 Å². The number of piperidine rings is 1. The highest BCUT2D eigenvalue weighted by Gasteiger charge is 2.49. The number of alkyl halides is 3. The molecule has 0 radical (unpaired) electrons. The molecule has 1 saturated heterocycles. The van der Waals surface area contributed by atoms with Crippen LogP contribution in [0, 0.1) is 17.8 Å². The number of likely N-dealkylation sites (tertiary alicyclic amines) is 1. The lowest BCUT2D eigenvalue weighted by molar-refractivity contribution is -0.201. The zero-order valence-electron chi connectivity index (χ0n) is 15.2. The van der Waals surface area contributed by atoms with Crippen LogP contribution in [0.1, 0.15) is 50.5 Å². The second-order valence-corrected chi connectivity index (χ2v) is 7.83. The summed E-state index contributed by atoms with van der Waals surface area (Å²) in [6.07, 6.45) is 1.47. The molecule has 2 nitrogen and oxygen atoms in total. The fourth-order valence-electron chi connectivity index (χ4n) is 4.51. The van der Waals surface area contributed by atoms with Crippen LogP contribution < -0.4 is 0 Å². The van der Waals surface area contributed by atoms with Crippen LogP contribution in [-0.4, -0.2) is 30.1 Å². The summed E-state index contributed by atoms with van der Waals surface area (Å²) in [4.78, 5) is 14.4. The molecule has 3 rings (SSSR count). The fraction of sp³-hybridized carbons (Fsp3) is 0.667. The van der Waals surface area contributed by atoms with Gasteiger partial charge in [0, 0.05) is 19.0 Å². The summed E-state index contributed by atoms with van der Waals surface area (Å²) in [5.74, 6) is -2.00. The first-order valence-electron chi connectivity index (χ1n) is 9.84. The Morgan fingerprint density at radius 1 is 1.00 bits per heavy atom. The summed E-state index contributed by atoms with van der Waals surface area (Å²) in [7, 11) is 0. The van der Waals surface area contributed by atoms with Gasteiger partial charge in [0.15, 0.2) is 0 Å². The average molecular weight is 367 g/mol. The Hall–Kier alpha value is -1.52. The van der Waals surface area contributed by atoms with Crippen molar-refractivity contribution in [1.29, 1.82) is 0 Å². The number of carbonyl (C=O) groups excluding carboxylic acids is 1. The van der Waals surface area contributed by atoms with Crippen LogP contribution in [-0.2, 0) is 11.2 Å². The lowest BCUT2D eigenvalue weighted by atomic mass is 9.77. The van der Waals surface area contributed by atoms with E-state index in [1.54, 1.807) is 4.90 Å². The third kappa shape index (κ3) is 4.80. The number of nitrogens with zero attached hydrogens (tertiary/aromatic N) is 1. The highest BCUT2D eigenvalue weighted by atomic mass is 19.4. The number of hydrogen-bond acceptors (Lipinski definition) is 1. The molecular weight excluding hydrogens is 339 g/mol. The largest absolute Gasteiger partial charge is 0.392 e. The van der Waals surface area contributed by atoms with Gasteiger partial charge < -0.3 is 4.90 Å². The zero-order chi connectivity index (χ0) is 18.6. The van der Waals surface area contributed by atoms with E-state index in [0.29, 0.717) is 31.8 Å². The first kappa shape index (κ1) is 19.2. The predicted octanol–water partition coefficient (Wildman–Crippen LogP) is 5.23. The molecule has 2 fully saturated rings. The summed E-state index contributed by atoms with van der Waals surface area (Å²) in [6.45, 7) is 1.22. The maximum Gasteiger partial charge on any atom is 0.392 e. The van der Waals surface area contributed by atoms with Crippen molar-refractivity contribution in [3.63, 3.8) is 0 Å². The molecule has 5 heteroatoms. The molecule has 0 bridgehead atoms. The van der Waals surface area contributed by atoms with Gasteiger partial charge in [-0.25, -0.2) is 0 Å². The lowest BCUT2D eigenvalue weighted by Crippen LogP contribution is -2.47. The summed E-state index contributed by atoms with van der Waals surface area (Å²) in [5.41, 5.74) is 1.32. The van der Waals surface area contributed by atoms with Gasteiger partial charge in [0.1, 0.15) is 0 Å². The minimum absolute atomic E-state index is 0.105. The van der Waals surface area contributed by atoms with Crippen molar-refractivity contribution >= 4 is 5.91 Å². The molecule has 2 atom stereocenters. The van der Waals surface area contributed by atoms with Crippen molar-refractivity contribution < 1.29 is 18.0 Å². The van der Waals surface area contributed by atoms with Gasteiger partial charge in [-0.05, 0) is 50.0 Å². The molecular formula is C21H28F3NO. The summed E-state index contributed by atoms with van der Waals surface area (Å²) in [6, 6.07) is 10.3. The molecule has 1 aliphatic carbocycles. The average Bonchev–Trinajstić information content (AvgIpc) is 2.66. The first-order valence-corrected chi connectivity index (χ1v) is 9.84. The number of carbonyl (C=O) groups is 1. The monoisotopic (exact) mass is 367 g/mol. The number of rotatable bonds is 4. The highest BCUT2D eigenvalue weighted by Crippen LogP contribution is 2.42. The molecule has 2 aliphatic rings. The van der Waals surface area contributed by atoms with Crippen molar-refractivity contribution in [3.05, 3.63) is 35.9 Å². The van der Waals surface area contributed by atoms with E-state index in [2.05, 4.69) is 12.1 Å². The minimum atomic E-state index is -4.26. The second-order valence-electron chi connectivity index (χ2n) is 7.83. The van der Waals surface area contributed by atoms with Crippen molar-refractivity contribution in [2.24, 2.45) is 17.8 Å². The highest BCUT2D eigenvalue weighted by molar-refractivity contribution is 5.79. The van der Waals surface area contributed by atoms with E-state index in [9.17, 15) is 18.0 Å². The topological polar surface area (TPSA) is 20.3 Å². The molecule has 144 valence electrons. The summed E-state index contributed by atoms with van der Waals surface area (Å²) in [5, 5.41) is 0. The molecule has 0 spiro atoms. The van der Waals surface area contributed by atoms with Crippen molar-refractivity contribution in [1.82, 2.24) is 4.90 Å². The van der Waals surface area contributed by atoms with E-state index >= 15 is 0 Å². The standard InChI is InChI=1S/C21H28F3NO/c22-21(23,24)19-9-5-4-8-18(19)20(26)25-14-12-17(13-15-25)11-10-16-6-2-1-3-7-16/h1-3,6-7,17-19H,4-5,8-15H2. The Bertz CT molecular complexity index is 579. The van der Waals surface area contributed by atoms with E-state index in [0.717, 1.165) is 32.1 Å². The van der Waals surface area contributed by atoms with Crippen molar-refractivity contribution in [3.8, 4) is 0 Å². The predicted molar refractivity (Wildman–Crippen MR) is 95.6 cm³/mol. The maximum absolute atomic E-state index is 13.3. The van der Waals surface area contributed by atoms with Crippen molar-refractivity contribution in [2.45, 2.75) is 57.5 Å². The Kier molecular flexibility index (Phi) is 6.25. The summed E-state index contributed by atoms with van der Waals surface area (Å²) < 4.78 is 39.8. The quantitative estimate of drug-likeness (QED) is 0.714. The molecule has 26 heavy (non-hydrogen) atoms. The van der Waals surface area contributed by atoms with Crippen LogP contribution >= 0.6 is 0 Å². The Labute approximate surface area is 153 Å². The molecule has 0 aromatic heterocycles. The van der Waals surface area contributed by atoms with Crippen LogP contribution in [0.2, 0.25) is 0 Å². The Balaban J connectivity index is 1.50. The van der Waals surface area contributed by atoms with Crippen molar-refractivity contribution in [2.75, 3.05) is 13.1 Å². The number of amides is 1. The normalized spacial score (nSPS) is 25.3. The minimum Gasteiger partial charge on any atom is -0.342 e. The van der Waals surface area contributed by atoms with Crippen LogP contribution in [0.5, 0.6) is 0 Å². The molecule has 2 unspecified atom stereocenters. The van der Waals surface area contributed by atoms with Gasteiger partial charge in [0.05, 0.1) is 5.92 Å². The Morgan fingerprint density at radius 2 is 1.65 bits per heavy atom. The fourth-order valence-corrected chi connectivity index (χ4v) is 4.51.